The van der Waals surface area contributed by atoms with E-state index in [1.54, 1.807) is 67.3 Å². The van der Waals surface area contributed by atoms with Gasteiger partial charge in [0.25, 0.3) is 5.91 Å². The minimum absolute atomic E-state index is 0.196. The van der Waals surface area contributed by atoms with E-state index in [0.717, 1.165) is 0 Å². The molecule has 0 spiro atoms. The van der Waals surface area contributed by atoms with E-state index in [2.05, 4.69) is 15.7 Å². The van der Waals surface area contributed by atoms with Crippen LogP contribution in [0.5, 0.6) is 0 Å². The van der Waals surface area contributed by atoms with Crippen LogP contribution in [0, 0.1) is 6.92 Å². The smallest absolute Gasteiger partial charge is 0.259 e. The van der Waals surface area contributed by atoms with Crippen molar-refractivity contribution in [3.8, 4) is 0 Å². The molecule has 3 aromatic rings. The summed E-state index contributed by atoms with van der Waals surface area (Å²) in [4.78, 5) is 24.5. The van der Waals surface area contributed by atoms with Crippen molar-refractivity contribution in [3.63, 3.8) is 0 Å². The largest absolute Gasteiger partial charge is 0.469 e. The van der Waals surface area contributed by atoms with Crippen LogP contribution in [0.25, 0.3) is 0 Å². The zero-order valence-electron chi connectivity index (χ0n) is 13.9. The summed E-state index contributed by atoms with van der Waals surface area (Å²) in [7, 11) is 0. The number of amides is 2. The zero-order chi connectivity index (χ0) is 17.8. The number of nitrogens with zero attached hydrogens (tertiary/aromatic N) is 2. The predicted octanol–water partition coefficient (Wildman–Crippen LogP) is 3.24. The van der Waals surface area contributed by atoms with Crippen LogP contribution in [-0.4, -0.2) is 21.6 Å². The molecule has 1 unspecified atom stereocenters. The van der Waals surface area contributed by atoms with Crippen LogP contribution in [0.15, 0.2) is 59.5 Å². The SMILES string of the molecule is Cc1occc1C(=O)Nc1cccc(NC(=O)C(C)n2cccn2)c1. The molecule has 1 aromatic carbocycles. The van der Waals surface area contributed by atoms with Gasteiger partial charge >= 0.3 is 0 Å². The molecule has 3 rings (SSSR count). The van der Waals surface area contributed by atoms with Crippen molar-refractivity contribution >= 4 is 23.2 Å². The molecule has 0 radical (unpaired) electrons. The van der Waals surface area contributed by atoms with Crippen molar-refractivity contribution in [2.45, 2.75) is 19.9 Å². The molecule has 0 bridgehead atoms. The Morgan fingerprint density at radius 2 is 1.92 bits per heavy atom. The third-order valence-corrected chi connectivity index (χ3v) is 3.79. The lowest BCUT2D eigenvalue weighted by Gasteiger charge is -2.13. The molecular weight excluding hydrogens is 320 g/mol. The number of hydrogen-bond acceptors (Lipinski definition) is 4. The van der Waals surface area contributed by atoms with E-state index in [9.17, 15) is 9.59 Å². The van der Waals surface area contributed by atoms with E-state index in [0.29, 0.717) is 22.7 Å². The highest BCUT2D eigenvalue weighted by Crippen LogP contribution is 2.18. The first-order valence-corrected chi connectivity index (χ1v) is 7.80. The lowest BCUT2D eigenvalue weighted by atomic mass is 10.2. The summed E-state index contributed by atoms with van der Waals surface area (Å²) in [5.41, 5.74) is 1.64. The number of anilines is 2. The van der Waals surface area contributed by atoms with E-state index < -0.39 is 6.04 Å². The van der Waals surface area contributed by atoms with E-state index in [1.807, 2.05) is 0 Å². The summed E-state index contributed by atoms with van der Waals surface area (Å²) in [5.74, 6) is 0.0903. The molecule has 25 heavy (non-hydrogen) atoms. The summed E-state index contributed by atoms with van der Waals surface area (Å²) < 4.78 is 6.71. The number of benzene rings is 1. The molecule has 0 saturated carbocycles. The van der Waals surface area contributed by atoms with Crippen molar-refractivity contribution in [1.29, 1.82) is 0 Å². The Balaban J connectivity index is 1.68. The first-order chi connectivity index (χ1) is 12.0. The van der Waals surface area contributed by atoms with Crippen LogP contribution in [0.3, 0.4) is 0 Å². The fourth-order valence-electron chi connectivity index (χ4n) is 2.37. The Morgan fingerprint density at radius 1 is 1.16 bits per heavy atom. The third kappa shape index (κ3) is 3.77. The van der Waals surface area contributed by atoms with Crippen LogP contribution in [-0.2, 0) is 4.79 Å². The molecule has 2 amide bonds. The zero-order valence-corrected chi connectivity index (χ0v) is 13.9. The fraction of sp³-hybridized carbons (Fsp3) is 0.167. The molecule has 0 aliphatic carbocycles. The van der Waals surface area contributed by atoms with Gasteiger partial charge in [-0.25, -0.2) is 0 Å². The molecule has 0 fully saturated rings. The average molecular weight is 338 g/mol. The predicted molar refractivity (Wildman–Crippen MR) is 93.4 cm³/mol. The Morgan fingerprint density at radius 3 is 2.56 bits per heavy atom. The standard InChI is InChI=1S/C18H18N4O3/c1-12(22-9-4-8-19-22)17(23)20-14-5-3-6-15(11-14)21-18(24)16-7-10-25-13(16)2/h3-12H,1-2H3,(H,20,23)(H,21,24). The number of nitrogens with one attached hydrogen (secondary N) is 2. The van der Waals surface area contributed by atoms with Crippen molar-refractivity contribution < 1.29 is 14.0 Å². The van der Waals surface area contributed by atoms with Crippen molar-refractivity contribution in [3.05, 3.63) is 66.4 Å². The number of furan rings is 1. The highest BCUT2D eigenvalue weighted by Gasteiger charge is 2.16. The summed E-state index contributed by atoms with van der Waals surface area (Å²) in [6, 6.07) is 9.89. The molecule has 7 heteroatoms. The number of carbonyl (C=O) groups excluding carboxylic acids is 2. The number of rotatable bonds is 5. The molecule has 7 nitrogen and oxygen atoms in total. The van der Waals surface area contributed by atoms with Gasteiger partial charge in [-0.2, -0.15) is 5.10 Å². The maximum absolute atomic E-state index is 12.3. The molecule has 0 saturated heterocycles. The maximum Gasteiger partial charge on any atom is 0.259 e. The summed E-state index contributed by atoms with van der Waals surface area (Å²) >= 11 is 0. The van der Waals surface area contributed by atoms with Gasteiger partial charge in [0.2, 0.25) is 5.91 Å². The normalized spacial score (nSPS) is 11.8. The second kappa shape index (κ2) is 7.04. The van der Waals surface area contributed by atoms with Gasteiger partial charge in [0.1, 0.15) is 11.8 Å². The summed E-state index contributed by atoms with van der Waals surface area (Å²) in [6.07, 6.45) is 4.82. The van der Waals surface area contributed by atoms with Crippen LogP contribution in [0.4, 0.5) is 11.4 Å². The van der Waals surface area contributed by atoms with Gasteiger partial charge in [-0.15, -0.1) is 0 Å². The van der Waals surface area contributed by atoms with Crippen LogP contribution < -0.4 is 10.6 Å². The Labute approximate surface area is 144 Å². The maximum atomic E-state index is 12.3. The Bertz CT molecular complexity index is 883. The quantitative estimate of drug-likeness (QED) is 0.747. The molecule has 2 heterocycles. The molecule has 2 N–H and O–H groups in total. The lowest BCUT2D eigenvalue weighted by Crippen LogP contribution is -2.24. The molecule has 0 aliphatic rings. The van der Waals surface area contributed by atoms with Crippen LogP contribution in [0.2, 0.25) is 0 Å². The van der Waals surface area contributed by atoms with Gasteiger partial charge < -0.3 is 15.1 Å². The second-order valence-corrected chi connectivity index (χ2v) is 5.58. The van der Waals surface area contributed by atoms with E-state index in [4.69, 9.17) is 4.42 Å². The second-order valence-electron chi connectivity index (χ2n) is 5.58. The van der Waals surface area contributed by atoms with Crippen LogP contribution >= 0.6 is 0 Å². The van der Waals surface area contributed by atoms with Gasteiger partial charge in [-0.3, -0.25) is 14.3 Å². The molecule has 0 aliphatic heterocycles. The van der Waals surface area contributed by atoms with Crippen molar-refractivity contribution in [1.82, 2.24) is 9.78 Å². The lowest BCUT2D eigenvalue weighted by molar-refractivity contribution is -0.119. The minimum atomic E-state index is -0.443. The van der Waals surface area contributed by atoms with Gasteiger partial charge in [-0.05, 0) is 44.2 Å². The van der Waals surface area contributed by atoms with Crippen molar-refractivity contribution in [2.24, 2.45) is 0 Å². The molecule has 1 atom stereocenters. The Hall–Kier alpha value is -3.35. The molecule has 2 aromatic heterocycles. The fourth-order valence-corrected chi connectivity index (χ4v) is 2.37. The number of hydrogen-bond donors (Lipinski definition) is 2. The topological polar surface area (TPSA) is 89.2 Å². The molecule has 128 valence electrons. The average Bonchev–Trinajstić information content (AvgIpc) is 3.25. The highest BCUT2D eigenvalue weighted by atomic mass is 16.3. The third-order valence-electron chi connectivity index (χ3n) is 3.79. The Kier molecular flexibility index (Phi) is 4.65. The minimum Gasteiger partial charge on any atom is -0.469 e. The first kappa shape index (κ1) is 16.5. The van der Waals surface area contributed by atoms with Gasteiger partial charge in [0, 0.05) is 23.8 Å². The summed E-state index contributed by atoms with van der Waals surface area (Å²) in [5, 5.41) is 9.67. The number of aryl methyl sites for hydroxylation is 1. The number of carbonyl (C=O) groups is 2. The van der Waals surface area contributed by atoms with E-state index in [1.165, 1.54) is 6.26 Å². The highest BCUT2D eigenvalue weighted by molar-refractivity contribution is 6.05. The van der Waals surface area contributed by atoms with Gasteiger partial charge in [-0.1, -0.05) is 6.07 Å². The van der Waals surface area contributed by atoms with Crippen molar-refractivity contribution in [2.75, 3.05) is 10.6 Å². The van der Waals surface area contributed by atoms with E-state index >= 15 is 0 Å². The van der Waals surface area contributed by atoms with Crippen LogP contribution in [0.1, 0.15) is 29.1 Å². The molecular formula is C18H18N4O3. The van der Waals surface area contributed by atoms with Gasteiger partial charge in [0.15, 0.2) is 0 Å². The van der Waals surface area contributed by atoms with Gasteiger partial charge in [0.05, 0.1) is 11.8 Å². The first-order valence-electron chi connectivity index (χ1n) is 7.80. The number of aromatic nitrogens is 2. The van der Waals surface area contributed by atoms with E-state index in [-0.39, 0.29) is 11.8 Å². The monoisotopic (exact) mass is 338 g/mol. The summed E-state index contributed by atoms with van der Waals surface area (Å²) in [6.45, 7) is 3.48.